The third-order valence-corrected chi connectivity index (χ3v) is 5.54. The van der Waals surface area contributed by atoms with Crippen molar-refractivity contribution in [2.45, 2.75) is 52.0 Å². The molecule has 1 aliphatic heterocycles. The van der Waals surface area contributed by atoms with Crippen molar-refractivity contribution in [1.82, 2.24) is 29.5 Å². The van der Waals surface area contributed by atoms with Crippen LogP contribution in [0.15, 0.2) is 12.4 Å². The van der Waals surface area contributed by atoms with E-state index in [0.717, 1.165) is 62.7 Å². The number of rotatable bonds is 7. The molecule has 1 N–H and O–H groups in total. The van der Waals surface area contributed by atoms with Crippen LogP contribution >= 0.6 is 0 Å². The minimum Gasteiger partial charge on any atom is -0.342 e. The number of piperidine rings is 1. The van der Waals surface area contributed by atoms with Crippen molar-refractivity contribution in [2.24, 2.45) is 0 Å². The van der Waals surface area contributed by atoms with Crippen LogP contribution in [-0.2, 0) is 17.8 Å². The zero-order valence-corrected chi connectivity index (χ0v) is 17.0. The summed E-state index contributed by atoms with van der Waals surface area (Å²) in [4.78, 5) is 21.6. The van der Waals surface area contributed by atoms with Gasteiger partial charge >= 0.3 is 0 Å². The average Bonchev–Trinajstić information content (AvgIpc) is 3.25. The van der Waals surface area contributed by atoms with Crippen molar-refractivity contribution in [1.29, 1.82) is 0 Å². The Morgan fingerprint density at radius 2 is 2.19 bits per heavy atom. The summed E-state index contributed by atoms with van der Waals surface area (Å²) in [7, 11) is 4.17. The molecule has 3 rings (SSSR count). The Balaban J connectivity index is 1.59. The number of aromatic nitrogens is 4. The molecule has 1 amide bonds. The molecule has 0 spiro atoms. The maximum atomic E-state index is 12.8. The predicted molar refractivity (Wildman–Crippen MR) is 106 cm³/mol. The van der Waals surface area contributed by atoms with Gasteiger partial charge in [0.1, 0.15) is 5.82 Å². The van der Waals surface area contributed by atoms with Crippen molar-refractivity contribution in [2.75, 3.05) is 33.7 Å². The van der Waals surface area contributed by atoms with Crippen LogP contribution in [0.3, 0.4) is 0 Å². The second kappa shape index (κ2) is 8.69. The van der Waals surface area contributed by atoms with E-state index in [1.54, 1.807) is 0 Å². The molecule has 7 nitrogen and oxygen atoms in total. The van der Waals surface area contributed by atoms with Gasteiger partial charge < -0.3 is 14.4 Å². The third-order valence-electron chi connectivity index (χ3n) is 5.54. The number of carbonyl (C=O) groups excluding carboxylic acids is 1. The van der Waals surface area contributed by atoms with Crippen LogP contribution in [0.4, 0.5) is 0 Å². The second-order valence-electron chi connectivity index (χ2n) is 7.87. The van der Waals surface area contributed by atoms with E-state index in [9.17, 15) is 4.79 Å². The highest BCUT2D eigenvalue weighted by Gasteiger charge is 2.27. The molecule has 0 aliphatic carbocycles. The first-order chi connectivity index (χ1) is 13.0. The zero-order valence-electron chi connectivity index (χ0n) is 17.0. The number of aromatic amines is 1. The van der Waals surface area contributed by atoms with Gasteiger partial charge in [0.05, 0.1) is 5.69 Å². The summed E-state index contributed by atoms with van der Waals surface area (Å²) in [5.74, 6) is 1.69. The Morgan fingerprint density at radius 3 is 2.89 bits per heavy atom. The Labute approximate surface area is 161 Å². The monoisotopic (exact) mass is 372 g/mol. The molecule has 2 aromatic heterocycles. The van der Waals surface area contributed by atoms with E-state index >= 15 is 0 Å². The number of nitrogens with one attached hydrogen (secondary N) is 1. The normalized spacial score (nSPS) is 17.7. The van der Waals surface area contributed by atoms with Crippen molar-refractivity contribution in [3.8, 4) is 0 Å². The Kier molecular flexibility index (Phi) is 6.31. The third kappa shape index (κ3) is 4.77. The molecule has 7 heteroatoms. The largest absolute Gasteiger partial charge is 0.342 e. The van der Waals surface area contributed by atoms with Gasteiger partial charge in [-0.15, -0.1) is 0 Å². The van der Waals surface area contributed by atoms with Crippen LogP contribution in [-0.4, -0.2) is 69.2 Å². The molecule has 1 fully saturated rings. The molecule has 1 atom stereocenters. The lowest BCUT2D eigenvalue weighted by molar-refractivity contribution is -0.132. The molecule has 0 unspecified atom stereocenters. The molecule has 2 aromatic rings. The quantitative estimate of drug-likeness (QED) is 0.808. The number of hydrogen-bond acceptors (Lipinski definition) is 4. The smallest absolute Gasteiger partial charge is 0.222 e. The fourth-order valence-electron chi connectivity index (χ4n) is 3.92. The highest BCUT2D eigenvalue weighted by molar-refractivity contribution is 5.76. The molecule has 148 valence electrons. The average molecular weight is 373 g/mol. The minimum absolute atomic E-state index is 0.242. The van der Waals surface area contributed by atoms with Gasteiger partial charge in [-0.1, -0.05) is 0 Å². The standard InChI is InChI=1S/C20H32N6O/c1-15-18(16(2)23-22-15)7-8-19(27)26-10-5-6-17(14-26)20-21-9-11-25(20)13-12-24(3)4/h9,11,17H,5-8,10,12-14H2,1-4H3,(H,22,23)/t17-/m1/s1. The molecule has 0 bridgehead atoms. The van der Waals surface area contributed by atoms with E-state index < -0.39 is 0 Å². The maximum absolute atomic E-state index is 12.8. The first-order valence-corrected chi connectivity index (χ1v) is 9.89. The summed E-state index contributed by atoms with van der Waals surface area (Å²) in [6.45, 7) is 7.57. The highest BCUT2D eigenvalue weighted by Crippen LogP contribution is 2.26. The van der Waals surface area contributed by atoms with Gasteiger partial charge in [-0.2, -0.15) is 5.10 Å². The maximum Gasteiger partial charge on any atom is 0.222 e. The number of aryl methyl sites for hydroxylation is 2. The summed E-state index contributed by atoms with van der Waals surface area (Å²) >= 11 is 0. The summed E-state index contributed by atoms with van der Waals surface area (Å²) < 4.78 is 2.25. The van der Waals surface area contributed by atoms with Gasteiger partial charge in [0.15, 0.2) is 0 Å². The van der Waals surface area contributed by atoms with Gasteiger partial charge in [0, 0.05) is 56.6 Å². The topological polar surface area (TPSA) is 70.0 Å². The predicted octanol–water partition coefficient (Wildman–Crippen LogP) is 2.12. The van der Waals surface area contributed by atoms with Gasteiger partial charge in [0.25, 0.3) is 0 Å². The summed E-state index contributed by atoms with van der Waals surface area (Å²) in [6, 6.07) is 0. The number of nitrogens with zero attached hydrogens (tertiary/aromatic N) is 5. The Morgan fingerprint density at radius 1 is 1.37 bits per heavy atom. The lowest BCUT2D eigenvalue weighted by Crippen LogP contribution is -2.40. The number of imidazole rings is 1. The number of amides is 1. The van der Waals surface area contributed by atoms with Gasteiger partial charge in [0.2, 0.25) is 5.91 Å². The lowest BCUT2D eigenvalue weighted by Gasteiger charge is -2.33. The highest BCUT2D eigenvalue weighted by atomic mass is 16.2. The lowest BCUT2D eigenvalue weighted by atomic mass is 9.96. The molecule has 1 aliphatic rings. The van der Waals surface area contributed by atoms with Gasteiger partial charge in [-0.3, -0.25) is 9.89 Å². The molecule has 3 heterocycles. The van der Waals surface area contributed by atoms with Crippen LogP contribution in [0.25, 0.3) is 0 Å². The number of H-pyrrole nitrogens is 1. The van der Waals surface area contributed by atoms with Crippen LogP contribution in [0, 0.1) is 13.8 Å². The van der Waals surface area contributed by atoms with Crippen molar-refractivity contribution in [3.05, 3.63) is 35.2 Å². The van der Waals surface area contributed by atoms with Crippen LogP contribution < -0.4 is 0 Å². The summed E-state index contributed by atoms with van der Waals surface area (Å²) in [5.41, 5.74) is 3.25. The number of hydrogen-bond donors (Lipinski definition) is 1. The fourth-order valence-corrected chi connectivity index (χ4v) is 3.92. The zero-order chi connectivity index (χ0) is 19.4. The summed E-state index contributed by atoms with van der Waals surface area (Å²) in [6.07, 6.45) is 7.39. The van der Waals surface area contributed by atoms with Crippen LogP contribution in [0.1, 0.15) is 48.0 Å². The van der Waals surface area contributed by atoms with Crippen LogP contribution in [0.2, 0.25) is 0 Å². The molecular weight excluding hydrogens is 340 g/mol. The molecule has 0 radical (unpaired) electrons. The van der Waals surface area contributed by atoms with E-state index in [1.165, 1.54) is 5.56 Å². The molecule has 0 aromatic carbocycles. The first-order valence-electron chi connectivity index (χ1n) is 9.89. The minimum atomic E-state index is 0.242. The van der Waals surface area contributed by atoms with Gasteiger partial charge in [-0.25, -0.2) is 4.98 Å². The Hall–Kier alpha value is -2.15. The number of likely N-dealkylation sites (N-methyl/N-ethyl adjacent to an activating group) is 1. The second-order valence-corrected chi connectivity index (χ2v) is 7.87. The van der Waals surface area contributed by atoms with Crippen LogP contribution in [0.5, 0.6) is 0 Å². The van der Waals surface area contributed by atoms with E-state index in [4.69, 9.17) is 0 Å². The number of likely N-dealkylation sites (tertiary alicyclic amines) is 1. The molecule has 1 saturated heterocycles. The van der Waals surface area contributed by atoms with E-state index in [2.05, 4.69) is 44.9 Å². The van der Waals surface area contributed by atoms with Crippen molar-refractivity contribution >= 4 is 5.91 Å². The van der Waals surface area contributed by atoms with Gasteiger partial charge in [-0.05, 0) is 52.8 Å². The first kappa shape index (κ1) is 19.6. The van der Waals surface area contributed by atoms with E-state index in [0.29, 0.717) is 12.3 Å². The molecular formula is C20H32N6O. The summed E-state index contributed by atoms with van der Waals surface area (Å²) in [5, 5.41) is 7.23. The fraction of sp³-hybridized carbons (Fsp3) is 0.650. The van der Waals surface area contributed by atoms with E-state index in [1.807, 2.05) is 24.9 Å². The molecule has 27 heavy (non-hydrogen) atoms. The van der Waals surface area contributed by atoms with Crippen molar-refractivity contribution in [3.63, 3.8) is 0 Å². The van der Waals surface area contributed by atoms with Crippen molar-refractivity contribution < 1.29 is 4.79 Å². The SMILES string of the molecule is Cc1n[nH]c(C)c1CCC(=O)N1CCC[C@@H](c2nccn2CCN(C)C)C1. The Bertz CT molecular complexity index is 743. The molecule has 0 saturated carbocycles. The van der Waals surface area contributed by atoms with E-state index in [-0.39, 0.29) is 5.91 Å². The number of carbonyl (C=O) groups is 1.